The van der Waals surface area contributed by atoms with Gasteiger partial charge in [-0.3, -0.25) is 9.59 Å². The number of nitriles is 1. The van der Waals surface area contributed by atoms with Crippen LogP contribution in [-0.4, -0.2) is 44.0 Å². The highest BCUT2D eigenvalue weighted by molar-refractivity contribution is 6.13. The highest BCUT2D eigenvalue weighted by Crippen LogP contribution is 2.53. The molecule has 0 radical (unpaired) electrons. The highest BCUT2D eigenvalue weighted by Gasteiger charge is 2.62. The maximum Gasteiger partial charge on any atom is 0.337 e. The summed E-state index contributed by atoms with van der Waals surface area (Å²) in [5.74, 6) is -2.23. The summed E-state index contributed by atoms with van der Waals surface area (Å²) < 4.78 is 15.1. The summed E-state index contributed by atoms with van der Waals surface area (Å²) in [5.41, 5.74) is 3.99. The molecule has 3 rings (SSSR count). The van der Waals surface area contributed by atoms with Crippen LogP contribution in [0.2, 0.25) is 0 Å². The zero-order chi connectivity index (χ0) is 20.6. The Balaban J connectivity index is 2.45. The Morgan fingerprint density at radius 2 is 1.96 bits per heavy atom. The molecule has 1 aromatic rings. The van der Waals surface area contributed by atoms with E-state index in [9.17, 15) is 19.6 Å². The number of ether oxygens (including phenoxy) is 3. The molecule has 2 aliphatic heterocycles. The molecule has 2 N–H and O–H groups in total. The van der Waals surface area contributed by atoms with E-state index >= 15 is 0 Å². The molecular formula is C19H17N3O6. The first-order valence-electron chi connectivity index (χ1n) is 8.19. The number of esters is 2. The van der Waals surface area contributed by atoms with Crippen LogP contribution in [0.25, 0.3) is 0 Å². The zero-order valence-corrected chi connectivity index (χ0v) is 15.4. The number of carbonyl (C=O) groups excluding carboxylic acids is 3. The normalized spacial score (nSPS) is 20.6. The number of rotatable bonds is 3. The second-order valence-electron chi connectivity index (χ2n) is 6.13. The third kappa shape index (κ3) is 2.35. The first-order valence-corrected chi connectivity index (χ1v) is 8.19. The molecule has 1 amide bonds. The number of para-hydroxylation sites is 1. The van der Waals surface area contributed by atoms with Crippen molar-refractivity contribution in [1.82, 2.24) is 4.90 Å². The van der Waals surface area contributed by atoms with E-state index in [-0.39, 0.29) is 40.5 Å². The lowest BCUT2D eigenvalue weighted by Crippen LogP contribution is -2.46. The van der Waals surface area contributed by atoms with E-state index < -0.39 is 23.3 Å². The van der Waals surface area contributed by atoms with Crippen molar-refractivity contribution < 1.29 is 28.6 Å². The van der Waals surface area contributed by atoms with Gasteiger partial charge in [0.1, 0.15) is 17.4 Å². The van der Waals surface area contributed by atoms with Gasteiger partial charge in [-0.25, -0.2) is 4.79 Å². The fourth-order valence-electron chi connectivity index (χ4n) is 3.63. The predicted molar refractivity (Wildman–Crippen MR) is 94.0 cm³/mol. The fourth-order valence-corrected chi connectivity index (χ4v) is 3.63. The summed E-state index contributed by atoms with van der Waals surface area (Å²) in [6, 6.07) is 8.34. The standard InChI is InChI=1S/C19H17N3O6/c1-22-12(8-14(23)26-2)15(17(24)27-3)19(18(22)25)10-6-4-5-7-13(10)28-16(21)11(19)9-20/h4-7H,8,21H2,1-3H3. The number of likely N-dealkylation sites (N-methyl/N-ethyl adjacent to an activating group) is 1. The first-order chi connectivity index (χ1) is 13.3. The van der Waals surface area contributed by atoms with Crippen molar-refractivity contribution in [2.24, 2.45) is 5.73 Å². The maximum atomic E-state index is 13.5. The van der Waals surface area contributed by atoms with E-state index in [2.05, 4.69) is 4.74 Å². The number of benzene rings is 1. The number of methoxy groups -OCH3 is 2. The molecule has 1 atom stereocenters. The molecule has 9 heteroatoms. The minimum absolute atomic E-state index is 0.0703. The lowest BCUT2D eigenvalue weighted by Gasteiger charge is -2.34. The first kappa shape index (κ1) is 19.0. The van der Waals surface area contributed by atoms with Crippen molar-refractivity contribution in [3.05, 3.63) is 52.6 Å². The van der Waals surface area contributed by atoms with E-state index in [4.69, 9.17) is 15.2 Å². The molecule has 1 unspecified atom stereocenters. The van der Waals surface area contributed by atoms with Gasteiger partial charge in [0.05, 0.1) is 26.2 Å². The third-order valence-corrected chi connectivity index (χ3v) is 4.87. The predicted octanol–water partition coefficient (Wildman–Crippen LogP) is 0.473. The van der Waals surface area contributed by atoms with Gasteiger partial charge in [0, 0.05) is 18.3 Å². The molecule has 28 heavy (non-hydrogen) atoms. The molecule has 0 saturated heterocycles. The van der Waals surface area contributed by atoms with Crippen molar-refractivity contribution in [2.75, 3.05) is 21.3 Å². The lowest BCUT2D eigenvalue weighted by atomic mass is 9.68. The molecule has 1 aromatic carbocycles. The topological polar surface area (TPSA) is 132 Å². The molecule has 9 nitrogen and oxygen atoms in total. The molecule has 2 aliphatic rings. The van der Waals surface area contributed by atoms with Gasteiger partial charge in [-0.05, 0) is 6.07 Å². The van der Waals surface area contributed by atoms with Crippen LogP contribution in [0.1, 0.15) is 12.0 Å². The van der Waals surface area contributed by atoms with Crippen LogP contribution in [0.15, 0.2) is 47.0 Å². The Bertz CT molecular complexity index is 1000. The van der Waals surface area contributed by atoms with E-state index in [1.807, 2.05) is 6.07 Å². The van der Waals surface area contributed by atoms with Crippen LogP contribution in [0.4, 0.5) is 0 Å². The van der Waals surface area contributed by atoms with Gasteiger partial charge in [0.15, 0.2) is 5.41 Å². The minimum Gasteiger partial charge on any atom is -0.469 e. The summed E-state index contributed by atoms with van der Waals surface area (Å²) in [4.78, 5) is 39.4. The molecule has 0 aromatic heterocycles. The number of fused-ring (bicyclic) bond motifs is 2. The van der Waals surface area contributed by atoms with Crippen LogP contribution >= 0.6 is 0 Å². The van der Waals surface area contributed by atoms with Gasteiger partial charge in [0.25, 0.3) is 0 Å². The smallest absolute Gasteiger partial charge is 0.337 e. The molecule has 0 aliphatic carbocycles. The summed E-state index contributed by atoms with van der Waals surface area (Å²) in [6.45, 7) is 0. The number of carbonyl (C=O) groups is 3. The number of hydrogen-bond acceptors (Lipinski definition) is 8. The molecular weight excluding hydrogens is 366 g/mol. The van der Waals surface area contributed by atoms with Crippen LogP contribution < -0.4 is 10.5 Å². The lowest BCUT2D eigenvalue weighted by molar-refractivity contribution is -0.140. The highest BCUT2D eigenvalue weighted by atomic mass is 16.5. The average molecular weight is 383 g/mol. The van der Waals surface area contributed by atoms with Crippen LogP contribution in [0.5, 0.6) is 5.75 Å². The van der Waals surface area contributed by atoms with Crippen molar-refractivity contribution >= 4 is 17.8 Å². The number of nitrogens with zero attached hydrogens (tertiary/aromatic N) is 2. The van der Waals surface area contributed by atoms with Gasteiger partial charge in [-0.2, -0.15) is 5.26 Å². The van der Waals surface area contributed by atoms with E-state index in [0.29, 0.717) is 0 Å². The van der Waals surface area contributed by atoms with Crippen LogP contribution in [0, 0.1) is 11.3 Å². The number of nitrogens with two attached hydrogens (primary N) is 1. The van der Waals surface area contributed by atoms with Crippen molar-refractivity contribution in [2.45, 2.75) is 11.8 Å². The Hall–Kier alpha value is -3.80. The maximum absolute atomic E-state index is 13.5. The Labute approximate surface area is 160 Å². The third-order valence-electron chi connectivity index (χ3n) is 4.87. The van der Waals surface area contributed by atoms with Gasteiger partial charge >= 0.3 is 11.9 Å². The SMILES string of the molecule is COC(=O)CC1=C(C(=O)OC)C2(C(=O)N1C)C(C#N)=C(N)Oc1ccccc12. The largest absolute Gasteiger partial charge is 0.469 e. The molecule has 144 valence electrons. The Morgan fingerprint density at radius 1 is 1.29 bits per heavy atom. The fraction of sp³-hybridized carbons (Fsp3) is 0.263. The molecule has 0 fully saturated rings. The van der Waals surface area contributed by atoms with Gasteiger partial charge in [-0.15, -0.1) is 0 Å². The number of hydrogen-bond donors (Lipinski definition) is 1. The summed E-state index contributed by atoms with van der Waals surface area (Å²) in [6.07, 6.45) is -0.368. The summed E-state index contributed by atoms with van der Waals surface area (Å²) >= 11 is 0. The monoisotopic (exact) mass is 383 g/mol. The Kier molecular flexibility index (Phi) is 4.56. The second kappa shape index (κ2) is 6.74. The minimum atomic E-state index is -1.88. The zero-order valence-electron chi connectivity index (χ0n) is 15.4. The summed E-state index contributed by atoms with van der Waals surface area (Å²) in [7, 11) is 3.74. The number of amides is 1. The van der Waals surface area contributed by atoms with Crippen LogP contribution in [-0.2, 0) is 29.3 Å². The van der Waals surface area contributed by atoms with Crippen molar-refractivity contribution in [1.29, 1.82) is 5.26 Å². The molecule has 2 heterocycles. The molecule has 1 spiro atoms. The molecule has 0 saturated carbocycles. The molecule has 0 bridgehead atoms. The van der Waals surface area contributed by atoms with Crippen LogP contribution in [0.3, 0.4) is 0 Å². The second-order valence-corrected chi connectivity index (χ2v) is 6.13. The van der Waals surface area contributed by atoms with Gasteiger partial charge in [-0.1, -0.05) is 18.2 Å². The van der Waals surface area contributed by atoms with Crippen molar-refractivity contribution in [3.8, 4) is 11.8 Å². The quantitative estimate of drug-likeness (QED) is 0.745. The van der Waals surface area contributed by atoms with Gasteiger partial charge in [0.2, 0.25) is 11.8 Å². The van der Waals surface area contributed by atoms with Gasteiger partial charge < -0.3 is 24.8 Å². The van der Waals surface area contributed by atoms with E-state index in [0.717, 1.165) is 12.0 Å². The van der Waals surface area contributed by atoms with E-state index in [1.54, 1.807) is 24.3 Å². The van der Waals surface area contributed by atoms with Crippen molar-refractivity contribution in [3.63, 3.8) is 0 Å². The average Bonchev–Trinajstić information content (AvgIpc) is 2.90. The van der Waals surface area contributed by atoms with E-state index in [1.165, 1.54) is 14.2 Å². The Morgan fingerprint density at radius 3 is 2.57 bits per heavy atom. The summed E-state index contributed by atoms with van der Waals surface area (Å²) in [5, 5.41) is 9.80.